The van der Waals surface area contributed by atoms with Gasteiger partial charge in [-0.25, -0.2) is 4.39 Å². The smallest absolute Gasteiger partial charge is 0.320 e. The van der Waals surface area contributed by atoms with Crippen LogP contribution in [0.5, 0.6) is 0 Å². The lowest BCUT2D eigenvalue weighted by Crippen LogP contribution is -2.16. The second kappa shape index (κ2) is 5.94. The minimum absolute atomic E-state index is 0.0689. The topological polar surface area (TPSA) is 26.0 Å². The molecule has 1 nitrogen and oxygen atoms in total. The van der Waals surface area contributed by atoms with E-state index in [2.05, 4.69) is 15.9 Å². The van der Waals surface area contributed by atoms with Gasteiger partial charge in [0.05, 0.1) is 11.6 Å². The zero-order chi connectivity index (χ0) is 15.8. The molecule has 1 atom stereocenters. The maximum absolute atomic E-state index is 13.9. The number of hydrogen-bond acceptors (Lipinski definition) is 1. The van der Waals surface area contributed by atoms with Crippen molar-refractivity contribution in [3.63, 3.8) is 0 Å². The molecule has 0 aliphatic heterocycles. The van der Waals surface area contributed by atoms with Gasteiger partial charge in [0.2, 0.25) is 0 Å². The molecular formula is C14H9BrClF4N. The van der Waals surface area contributed by atoms with Gasteiger partial charge in [0.15, 0.2) is 0 Å². The van der Waals surface area contributed by atoms with Crippen LogP contribution in [0.1, 0.15) is 22.7 Å². The normalized spacial score (nSPS) is 13.3. The molecule has 2 aromatic rings. The Balaban J connectivity index is 2.50. The van der Waals surface area contributed by atoms with Crippen LogP contribution < -0.4 is 5.73 Å². The molecule has 21 heavy (non-hydrogen) atoms. The van der Waals surface area contributed by atoms with Crippen molar-refractivity contribution < 1.29 is 17.6 Å². The van der Waals surface area contributed by atoms with Gasteiger partial charge in [-0.3, -0.25) is 0 Å². The van der Waals surface area contributed by atoms with Crippen LogP contribution in [0.3, 0.4) is 0 Å². The minimum atomic E-state index is -4.49. The van der Waals surface area contributed by atoms with E-state index in [0.717, 1.165) is 18.2 Å². The first-order valence-electron chi connectivity index (χ1n) is 5.77. The van der Waals surface area contributed by atoms with Crippen LogP contribution in [0.25, 0.3) is 0 Å². The van der Waals surface area contributed by atoms with Gasteiger partial charge in [-0.2, -0.15) is 13.2 Å². The van der Waals surface area contributed by atoms with Gasteiger partial charge in [0.1, 0.15) is 5.82 Å². The van der Waals surface area contributed by atoms with Gasteiger partial charge in [-0.15, -0.1) is 0 Å². The summed E-state index contributed by atoms with van der Waals surface area (Å²) in [7, 11) is 0. The number of alkyl halides is 3. The summed E-state index contributed by atoms with van der Waals surface area (Å²) < 4.78 is 52.5. The lowest BCUT2D eigenvalue weighted by atomic mass is 9.97. The number of rotatable bonds is 2. The van der Waals surface area contributed by atoms with E-state index in [9.17, 15) is 17.6 Å². The molecule has 0 aromatic heterocycles. The van der Waals surface area contributed by atoms with Crippen LogP contribution in [0, 0.1) is 5.82 Å². The highest BCUT2D eigenvalue weighted by Crippen LogP contribution is 2.35. The van der Waals surface area contributed by atoms with Gasteiger partial charge in [0, 0.05) is 15.1 Å². The molecule has 2 N–H and O–H groups in total. The van der Waals surface area contributed by atoms with E-state index in [1.165, 1.54) is 18.2 Å². The van der Waals surface area contributed by atoms with Crippen LogP contribution >= 0.6 is 27.5 Å². The van der Waals surface area contributed by atoms with Gasteiger partial charge in [-0.05, 0) is 35.9 Å². The molecule has 2 rings (SSSR count). The van der Waals surface area contributed by atoms with E-state index in [-0.39, 0.29) is 16.1 Å². The average molecular weight is 383 g/mol. The zero-order valence-corrected chi connectivity index (χ0v) is 12.7. The first kappa shape index (κ1) is 16.3. The quantitative estimate of drug-likeness (QED) is 0.700. The lowest BCUT2D eigenvalue weighted by molar-refractivity contribution is -0.137. The lowest BCUT2D eigenvalue weighted by Gasteiger charge is -2.17. The van der Waals surface area contributed by atoms with Crippen LogP contribution in [0.4, 0.5) is 17.6 Å². The van der Waals surface area contributed by atoms with Crippen molar-refractivity contribution in [2.75, 3.05) is 0 Å². The standard InChI is InChI=1S/C14H9BrClF4N/c15-11-4-1-7(14(18,19)20)5-10(11)13(21)9-3-2-8(16)6-12(9)17/h1-6,13H,21H2. The molecule has 2 aromatic carbocycles. The number of benzene rings is 2. The van der Waals surface area contributed by atoms with Gasteiger partial charge >= 0.3 is 6.18 Å². The third-order valence-corrected chi connectivity index (χ3v) is 3.91. The second-order valence-corrected chi connectivity index (χ2v) is 5.67. The van der Waals surface area contributed by atoms with Gasteiger partial charge in [-0.1, -0.05) is 33.6 Å². The Morgan fingerprint density at radius 2 is 1.71 bits per heavy atom. The highest BCUT2D eigenvalue weighted by Gasteiger charge is 2.31. The van der Waals surface area contributed by atoms with Crippen LogP contribution in [-0.2, 0) is 6.18 Å². The minimum Gasteiger partial charge on any atom is -0.320 e. The van der Waals surface area contributed by atoms with E-state index in [4.69, 9.17) is 17.3 Å². The molecule has 0 aliphatic carbocycles. The summed E-state index contributed by atoms with van der Waals surface area (Å²) in [6, 6.07) is 5.89. The summed E-state index contributed by atoms with van der Waals surface area (Å²) in [6.45, 7) is 0. The van der Waals surface area contributed by atoms with Gasteiger partial charge in [0.25, 0.3) is 0 Å². The maximum Gasteiger partial charge on any atom is 0.416 e. The SMILES string of the molecule is NC(c1ccc(Cl)cc1F)c1cc(C(F)(F)F)ccc1Br. The van der Waals surface area contributed by atoms with Crippen molar-refractivity contribution in [3.05, 3.63) is 68.4 Å². The van der Waals surface area contributed by atoms with Gasteiger partial charge < -0.3 is 5.73 Å². The molecule has 0 spiro atoms. The average Bonchev–Trinajstić information content (AvgIpc) is 2.37. The molecule has 7 heteroatoms. The van der Waals surface area contributed by atoms with E-state index in [1.807, 2.05) is 0 Å². The number of halogens is 6. The maximum atomic E-state index is 13.9. The number of hydrogen-bond donors (Lipinski definition) is 1. The Morgan fingerprint density at radius 1 is 1.05 bits per heavy atom. The summed E-state index contributed by atoms with van der Waals surface area (Å²) >= 11 is 8.78. The third kappa shape index (κ3) is 3.56. The van der Waals surface area contributed by atoms with Crippen molar-refractivity contribution in [1.29, 1.82) is 0 Å². The summed E-state index contributed by atoms with van der Waals surface area (Å²) in [5, 5.41) is 0.187. The molecule has 0 saturated carbocycles. The zero-order valence-electron chi connectivity index (χ0n) is 10.4. The first-order chi connectivity index (χ1) is 9.70. The molecule has 0 radical (unpaired) electrons. The van der Waals surface area contributed by atoms with Crippen LogP contribution in [-0.4, -0.2) is 0 Å². The predicted octanol–water partition coefficient (Wildman–Crippen LogP) is 5.31. The first-order valence-corrected chi connectivity index (χ1v) is 6.94. The fourth-order valence-electron chi connectivity index (χ4n) is 1.88. The van der Waals surface area contributed by atoms with E-state index in [0.29, 0.717) is 4.47 Å². The molecule has 1 unspecified atom stereocenters. The molecule has 0 amide bonds. The highest BCUT2D eigenvalue weighted by atomic mass is 79.9. The Hall–Kier alpha value is -1.11. The molecule has 112 valence electrons. The fourth-order valence-corrected chi connectivity index (χ4v) is 2.53. The van der Waals surface area contributed by atoms with Crippen LogP contribution in [0.2, 0.25) is 5.02 Å². The van der Waals surface area contributed by atoms with E-state index < -0.39 is 23.6 Å². The van der Waals surface area contributed by atoms with E-state index in [1.54, 1.807) is 0 Å². The molecule has 0 bridgehead atoms. The molecular weight excluding hydrogens is 374 g/mol. The highest BCUT2D eigenvalue weighted by molar-refractivity contribution is 9.10. The summed E-state index contributed by atoms with van der Waals surface area (Å²) in [5.41, 5.74) is 5.27. The monoisotopic (exact) mass is 381 g/mol. The Morgan fingerprint density at radius 3 is 2.29 bits per heavy atom. The van der Waals surface area contributed by atoms with Crippen molar-refractivity contribution in [2.24, 2.45) is 5.73 Å². The molecule has 0 aliphatic rings. The molecule has 0 heterocycles. The van der Waals surface area contributed by atoms with Crippen molar-refractivity contribution in [1.82, 2.24) is 0 Å². The Labute approximate surface area is 131 Å². The van der Waals surface area contributed by atoms with E-state index >= 15 is 0 Å². The Bertz CT molecular complexity index is 673. The van der Waals surface area contributed by atoms with Crippen LogP contribution in [0.15, 0.2) is 40.9 Å². The predicted molar refractivity (Wildman–Crippen MR) is 76.6 cm³/mol. The van der Waals surface area contributed by atoms with Crippen molar-refractivity contribution in [2.45, 2.75) is 12.2 Å². The molecule has 0 saturated heterocycles. The largest absolute Gasteiger partial charge is 0.416 e. The van der Waals surface area contributed by atoms with Crippen molar-refractivity contribution in [3.8, 4) is 0 Å². The van der Waals surface area contributed by atoms with Crippen molar-refractivity contribution >= 4 is 27.5 Å². The Kier molecular flexibility index (Phi) is 4.60. The summed E-state index contributed by atoms with van der Waals surface area (Å²) in [6.07, 6.45) is -4.49. The number of nitrogens with two attached hydrogens (primary N) is 1. The molecule has 0 fully saturated rings. The fraction of sp³-hybridized carbons (Fsp3) is 0.143. The summed E-state index contributed by atoms with van der Waals surface area (Å²) in [4.78, 5) is 0. The third-order valence-electron chi connectivity index (χ3n) is 2.96. The second-order valence-electron chi connectivity index (χ2n) is 4.38. The summed E-state index contributed by atoms with van der Waals surface area (Å²) in [5.74, 6) is -0.667.